The third-order valence-electron chi connectivity index (χ3n) is 4.89. The van der Waals surface area contributed by atoms with E-state index in [1.54, 1.807) is 29.2 Å². The maximum absolute atomic E-state index is 13.0. The number of nitro benzene ring substituents is 1. The number of hydrogen-bond donors (Lipinski definition) is 1. The second-order valence-electron chi connectivity index (χ2n) is 6.91. The summed E-state index contributed by atoms with van der Waals surface area (Å²) in [6.07, 6.45) is -4.03. The van der Waals surface area contributed by atoms with Crippen LogP contribution in [0.2, 0.25) is 0 Å². The second-order valence-corrected chi connectivity index (χ2v) is 7.29. The minimum atomic E-state index is -4.65. The average Bonchev–Trinajstić information content (AvgIpc) is 2.99. The van der Waals surface area contributed by atoms with Crippen molar-refractivity contribution in [2.45, 2.75) is 12.6 Å². The van der Waals surface area contributed by atoms with Gasteiger partial charge in [0.05, 0.1) is 22.1 Å². The van der Waals surface area contributed by atoms with E-state index in [9.17, 15) is 23.3 Å². The molecule has 2 aromatic rings. The molecule has 3 rings (SSSR count). The lowest BCUT2D eigenvalue weighted by atomic mass is 10.1. The van der Waals surface area contributed by atoms with Gasteiger partial charge in [0.25, 0.3) is 5.69 Å². The molecule has 2 aromatic carbocycles. The lowest BCUT2D eigenvalue weighted by Crippen LogP contribution is -2.38. The summed E-state index contributed by atoms with van der Waals surface area (Å²) < 4.78 is 38.9. The van der Waals surface area contributed by atoms with Crippen molar-refractivity contribution >= 4 is 34.4 Å². The van der Waals surface area contributed by atoms with Gasteiger partial charge in [-0.3, -0.25) is 10.1 Å². The third kappa shape index (κ3) is 5.40. The van der Waals surface area contributed by atoms with Crippen LogP contribution >= 0.6 is 12.2 Å². The molecule has 1 aliphatic rings. The zero-order chi connectivity index (χ0) is 22.6. The van der Waals surface area contributed by atoms with Crippen LogP contribution in [0, 0.1) is 21.4 Å². The first-order valence-electron chi connectivity index (χ1n) is 9.35. The summed E-state index contributed by atoms with van der Waals surface area (Å²) in [5.74, 6) is 0. The minimum Gasteiger partial charge on any atom is -0.364 e. The van der Waals surface area contributed by atoms with Crippen LogP contribution in [0.5, 0.6) is 0 Å². The number of rotatable bonds is 3. The fraction of sp³-hybridized carbons (Fsp3) is 0.300. The molecule has 1 saturated heterocycles. The van der Waals surface area contributed by atoms with Crippen LogP contribution in [0.15, 0.2) is 42.5 Å². The highest BCUT2D eigenvalue weighted by Gasteiger charge is 2.34. The molecule has 0 radical (unpaired) electrons. The van der Waals surface area contributed by atoms with Crippen molar-refractivity contribution in [1.82, 2.24) is 4.90 Å². The van der Waals surface area contributed by atoms with Gasteiger partial charge in [-0.1, -0.05) is 0 Å². The van der Waals surface area contributed by atoms with Gasteiger partial charge < -0.3 is 15.1 Å². The molecule has 11 heteroatoms. The van der Waals surface area contributed by atoms with E-state index in [2.05, 4.69) is 5.32 Å². The van der Waals surface area contributed by atoms with Gasteiger partial charge in [0.1, 0.15) is 5.69 Å². The van der Waals surface area contributed by atoms with Crippen LogP contribution in [0.3, 0.4) is 0 Å². The lowest BCUT2D eigenvalue weighted by Gasteiger charge is -2.25. The van der Waals surface area contributed by atoms with Gasteiger partial charge in [-0.25, -0.2) is 0 Å². The summed E-state index contributed by atoms with van der Waals surface area (Å²) >= 11 is 5.46. The Balaban J connectivity index is 1.71. The molecule has 7 nitrogen and oxygen atoms in total. The van der Waals surface area contributed by atoms with Crippen LogP contribution in [0.25, 0.3) is 0 Å². The molecule has 1 aliphatic heterocycles. The zero-order valence-electron chi connectivity index (χ0n) is 16.2. The molecule has 1 fully saturated rings. The molecule has 0 aromatic heterocycles. The van der Waals surface area contributed by atoms with Crippen molar-refractivity contribution < 1.29 is 18.1 Å². The van der Waals surface area contributed by atoms with E-state index < -0.39 is 22.4 Å². The molecule has 0 spiro atoms. The van der Waals surface area contributed by atoms with Crippen molar-refractivity contribution in [3.63, 3.8) is 0 Å². The van der Waals surface area contributed by atoms with Crippen molar-refractivity contribution in [3.8, 4) is 6.07 Å². The van der Waals surface area contributed by atoms with Gasteiger partial charge in [0, 0.05) is 37.9 Å². The van der Waals surface area contributed by atoms with Crippen molar-refractivity contribution in [1.29, 1.82) is 5.26 Å². The predicted molar refractivity (Wildman–Crippen MR) is 114 cm³/mol. The Hall–Kier alpha value is -3.39. The number of nitrogens with zero attached hydrogens (tertiary/aromatic N) is 4. The first-order valence-corrected chi connectivity index (χ1v) is 9.76. The Morgan fingerprint density at radius 1 is 1.13 bits per heavy atom. The molecular formula is C20H18F3N5O2S. The lowest BCUT2D eigenvalue weighted by molar-refractivity contribution is -0.384. The quantitative estimate of drug-likeness (QED) is 0.422. The maximum Gasteiger partial charge on any atom is 0.416 e. The molecule has 1 N–H and O–H groups in total. The number of hydrogen-bond acceptors (Lipinski definition) is 5. The van der Waals surface area contributed by atoms with E-state index in [-0.39, 0.29) is 5.69 Å². The number of benzene rings is 2. The molecule has 1 heterocycles. The zero-order valence-corrected chi connectivity index (χ0v) is 17.0. The summed E-state index contributed by atoms with van der Waals surface area (Å²) in [6, 6.07) is 11.4. The number of halogens is 3. The fourth-order valence-corrected chi connectivity index (χ4v) is 3.61. The molecule has 0 aliphatic carbocycles. The molecule has 162 valence electrons. The largest absolute Gasteiger partial charge is 0.416 e. The number of thiocarbonyl (C=S) groups is 1. The van der Waals surface area contributed by atoms with Gasteiger partial charge in [-0.2, -0.15) is 18.4 Å². The molecule has 0 bridgehead atoms. The number of nitro groups is 1. The van der Waals surface area contributed by atoms with E-state index in [0.29, 0.717) is 49.3 Å². The topological polar surface area (TPSA) is 85.4 Å². The smallest absolute Gasteiger partial charge is 0.364 e. The molecule has 0 atom stereocenters. The highest BCUT2D eigenvalue weighted by Crippen LogP contribution is 2.36. The summed E-state index contributed by atoms with van der Waals surface area (Å²) in [4.78, 5) is 14.2. The van der Waals surface area contributed by atoms with Crippen molar-refractivity contribution in [2.75, 3.05) is 36.4 Å². The fourth-order valence-electron chi connectivity index (χ4n) is 3.31. The molecule has 31 heavy (non-hydrogen) atoms. The van der Waals surface area contributed by atoms with E-state index in [4.69, 9.17) is 17.5 Å². The minimum absolute atomic E-state index is 0.158. The van der Waals surface area contributed by atoms with Gasteiger partial charge in [0.15, 0.2) is 5.11 Å². The van der Waals surface area contributed by atoms with Gasteiger partial charge >= 0.3 is 6.18 Å². The summed E-state index contributed by atoms with van der Waals surface area (Å²) in [5.41, 5.74) is -0.205. The van der Waals surface area contributed by atoms with Gasteiger partial charge in [0.2, 0.25) is 0 Å². The third-order valence-corrected chi connectivity index (χ3v) is 5.25. The normalized spacial score (nSPS) is 14.5. The van der Waals surface area contributed by atoms with Crippen LogP contribution < -0.4 is 10.2 Å². The van der Waals surface area contributed by atoms with Crippen molar-refractivity contribution in [3.05, 3.63) is 63.7 Å². The Bertz CT molecular complexity index is 1020. The summed E-state index contributed by atoms with van der Waals surface area (Å²) in [7, 11) is 0. The van der Waals surface area contributed by atoms with Gasteiger partial charge in [-0.05, 0) is 55.0 Å². The second kappa shape index (κ2) is 9.18. The highest BCUT2D eigenvalue weighted by atomic mass is 32.1. The molecule has 0 saturated carbocycles. The Morgan fingerprint density at radius 2 is 1.84 bits per heavy atom. The van der Waals surface area contributed by atoms with Crippen LogP contribution in [0.4, 0.5) is 30.2 Å². The monoisotopic (exact) mass is 449 g/mol. The number of nitrogens with one attached hydrogen (secondary N) is 1. The Morgan fingerprint density at radius 3 is 2.45 bits per heavy atom. The number of nitriles is 1. The first kappa shape index (κ1) is 22.3. The van der Waals surface area contributed by atoms with Crippen molar-refractivity contribution in [2.24, 2.45) is 0 Å². The Labute approximate surface area is 181 Å². The standard InChI is InChI=1S/C20H18F3N5O2S/c21-20(22,23)15-4-7-17(18(12-15)28(29)30)26-8-1-9-27(11-10-26)19(31)25-16-5-2-14(13-24)3-6-16/h2-7,12H,1,8-11H2,(H,25,31). The van der Waals surface area contributed by atoms with Gasteiger partial charge in [-0.15, -0.1) is 0 Å². The molecule has 0 unspecified atom stereocenters. The summed E-state index contributed by atoms with van der Waals surface area (Å²) in [5, 5.41) is 23.8. The first-order chi connectivity index (χ1) is 14.7. The average molecular weight is 449 g/mol. The van der Waals surface area contributed by atoms with Crippen LogP contribution in [-0.2, 0) is 6.18 Å². The highest BCUT2D eigenvalue weighted by molar-refractivity contribution is 7.80. The van der Waals surface area contributed by atoms with Crippen LogP contribution in [-0.4, -0.2) is 41.1 Å². The van der Waals surface area contributed by atoms with Crippen LogP contribution in [0.1, 0.15) is 17.5 Å². The van der Waals surface area contributed by atoms with E-state index in [1.807, 2.05) is 11.0 Å². The SMILES string of the molecule is N#Cc1ccc(NC(=S)N2CCCN(c3ccc(C(F)(F)F)cc3[N+](=O)[O-])CC2)cc1. The van der Waals surface area contributed by atoms with E-state index in [1.165, 1.54) is 0 Å². The maximum atomic E-state index is 13.0. The van der Waals surface area contributed by atoms with E-state index >= 15 is 0 Å². The number of alkyl halides is 3. The summed E-state index contributed by atoms with van der Waals surface area (Å²) in [6.45, 7) is 1.84. The molecular weight excluding hydrogens is 431 g/mol. The Kier molecular flexibility index (Phi) is 6.60. The number of anilines is 2. The predicted octanol–water partition coefficient (Wildman–Crippen LogP) is 4.39. The van der Waals surface area contributed by atoms with E-state index in [0.717, 1.165) is 17.8 Å². The molecule has 0 amide bonds.